The molecule has 118 valence electrons. The highest BCUT2D eigenvalue weighted by Crippen LogP contribution is 2.41. The smallest absolute Gasteiger partial charge is 0.203 e. The predicted molar refractivity (Wildman–Crippen MR) is 83.7 cm³/mol. The van der Waals surface area contributed by atoms with E-state index in [1.807, 2.05) is 12.1 Å². The van der Waals surface area contributed by atoms with Crippen molar-refractivity contribution in [2.75, 3.05) is 14.2 Å². The van der Waals surface area contributed by atoms with Gasteiger partial charge in [-0.25, -0.2) is 0 Å². The highest BCUT2D eigenvalue weighted by molar-refractivity contribution is 5.79. The van der Waals surface area contributed by atoms with Gasteiger partial charge in [-0.15, -0.1) is 22.4 Å². The number of aromatic amines is 1. The van der Waals surface area contributed by atoms with Gasteiger partial charge >= 0.3 is 0 Å². The van der Waals surface area contributed by atoms with Crippen LogP contribution < -0.4 is 9.47 Å². The van der Waals surface area contributed by atoms with Gasteiger partial charge in [0.25, 0.3) is 0 Å². The van der Waals surface area contributed by atoms with Crippen LogP contribution in [0.5, 0.6) is 11.5 Å². The summed E-state index contributed by atoms with van der Waals surface area (Å²) in [5.41, 5.74) is 2.46. The second-order valence-electron chi connectivity index (χ2n) is 4.63. The second kappa shape index (κ2) is 6.73. The fourth-order valence-electron chi connectivity index (χ4n) is 2.12. The van der Waals surface area contributed by atoms with E-state index >= 15 is 0 Å². The van der Waals surface area contributed by atoms with Crippen molar-refractivity contribution in [3.05, 3.63) is 47.5 Å². The lowest BCUT2D eigenvalue weighted by molar-refractivity contribution is 0.355. The molecule has 0 saturated heterocycles. The molecule has 8 nitrogen and oxygen atoms in total. The Morgan fingerprint density at radius 2 is 1.83 bits per heavy atom. The molecule has 0 bridgehead atoms. The van der Waals surface area contributed by atoms with Crippen molar-refractivity contribution in [1.82, 2.24) is 25.6 Å². The zero-order valence-corrected chi connectivity index (χ0v) is 12.7. The molecule has 0 atom stereocenters. The third kappa shape index (κ3) is 3.20. The number of H-pyrrole nitrogens is 1. The van der Waals surface area contributed by atoms with Gasteiger partial charge < -0.3 is 14.8 Å². The molecule has 0 saturated carbocycles. The van der Waals surface area contributed by atoms with E-state index in [1.165, 1.54) is 0 Å². The Balaban J connectivity index is 1.96. The highest BCUT2D eigenvalue weighted by Gasteiger charge is 2.11. The minimum absolute atomic E-state index is 0.444. The molecule has 0 fully saturated rings. The maximum atomic E-state index is 5.34. The molecule has 0 aliphatic carbocycles. The van der Waals surface area contributed by atoms with Crippen LogP contribution in [0.3, 0.4) is 0 Å². The molecule has 0 radical (unpaired) electrons. The first kappa shape index (κ1) is 14.8. The number of hydrogen-bond acceptors (Lipinski definition) is 6. The summed E-state index contributed by atoms with van der Waals surface area (Å²) in [7, 11) is 3.16. The molecule has 23 heavy (non-hydrogen) atoms. The summed E-state index contributed by atoms with van der Waals surface area (Å²) in [6.07, 6.45) is 3.47. The molecule has 0 spiro atoms. The molecule has 2 aromatic heterocycles. The van der Waals surface area contributed by atoms with Crippen LogP contribution in [0.25, 0.3) is 16.7 Å². The molecule has 0 unspecified atom stereocenters. The Bertz CT molecular complexity index is 761. The molecule has 0 aliphatic heterocycles. The Morgan fingerprint density at radius 1 is 1.09 bits per heavy atom. The maximum absolute atomic E-state index is 5.34. The molecule has 0 amide bonds. The minimum atomic E-state index is 0.444. The lowest BCUT2D eigenvalue weighted by atomic mass is 10.1. The van der Waals surface area contributed by atoms with E-state index in [2.05, 4.69) is 30.9 Å². The highest BCUT2D eigenvalue weighted by atomic mass is 16.5. The third-order valence-corrected chi connectivity index (χ3v) is 3.27. The lowest BCUT2D eigenvalue weighted by Crippen LogP contribution is -1.94. The summed E-state index contributed by atoms with van der Waals surface area (Å²) in [6.45, 7) is 0.503. The molecule has 1 aromatic carbocycles. The zero-order chi connectivity index (χ0) is 16.1. The summed E-state index contributed by atoms with van der Waals surface area (Å²) in [6, 6.07) is 7.41. The minimum Gasteiger partial charge on any atom is -0.680 e. The Hall–Kier alpha value is -3.16. The number of benzene rings is 1. The number of nitrogens with zero attached hydrogens (tertiary/aromatic N) is 5. The summed E-state index contributed by atoms with van der Waals surface area (Å²) >= 11 is 0. The molecular weight excluding hydrogens is 296 g/mol. The Labute approximate surface area is 132 Å². The van der Waals surface area contributed by atoms with Crippen LogP contribution in [0.1, 0.15) is 5.56 Å². The topological polar surface area (TPSA) is 99.9 Å². The second-order valence-corrected chi connectivity index (χ2v) is 4.63. The molecule has 2 heterocycles. The first-order valence-corrected chi connectivity index (χ1v) is 6.88. The van der Waals surface area contributed by atoms with Crippen molar-refractivity contribution in [3.8, 4) is 22.9 Å². The molecule has 8 heteroatoms. The van der Waals surface area contributed by atoms with Crippen LogP contribution in [0, 0.1) is 0 Å². The quantitative estimate of drug-likeness (QED) is 0.750. The van der Waals surface area contributed by atoms with Crippen molar-refractivity contribution in [3.63, 3.8) is 0 Å². The average Bonchev–Trinajstić information content (AvgIpc) is 3.14. The number of hydrogen-bond donors (Lipinski definition) is 1. The van der Waals surface area contributed by atoms with E-state index in [1.54, 1.807) is 38.7 Å². The van der Waals surface area contributed by atoms with Gasteiger partial charge in [-0.05, 0) is 29.5 Å². The van der Waals surface area contributed by atoms with Crippen LogP contribution >= 0.6 is 0 Å². The van der Waals surface area contributed by atoms with Crippen LogP contribution in [0.4, 0.5) is 5.69 Å². The van der Waals surface area contributed by atoms with Crippen LogP contribution in [0.15, 0.2) is 36.7 Å². The number of aromatic nitrogens is 5. The van der Waals surface area contributed by atoms with Gasteiger partial charge in [-0.3, -0.25) is 4.98 Å². The number of tetrazole rings is 1. The van der Waals surface area contributed by atoms with Crippen LogP contribution in [-0.2, 0) is 6.54 Å². The SMILES string of the molecule is COc1cc([N-]Cc2ccncc2)c(-c2nn[nH]n2)cc1OC. The van der Waals surface area contributed by atoms with E-state index in [0.29, 0.717) is 35.1 Å². The van der Waals surface area contributed by atoms with E-state index in [0.717, 1.165) is 5.56 Å². The standard InChI is InChI=1S/C15H15N6O2/c1-22-13-7-11(15-18-20-21-19-15)12(8-14(13)23-2)17-9-10-3-5-16-6-4-10/h3-8H,9H2,1-2H3,(H,18,19,20,21)/q-1. The molecular formula is C15H15N6O2-. The molecule has 3 rings (SSSR count). The Kier molecular flexibility index (Phi) is 4.32. The summed E-state index contributed by atoms with van der Waals surface area (Å²) < 4.78 is 10.7. The van der Waals surface area contributed by atoms with E-state index < -0.39 is 0 Å². The van der Waals surface area contributed by atoms with Gasteiger partial charge in [0.05, 0.1) is 14.2 Å². The van der Waals surface area contributed by atoms with Crippen molar-refractivity contribution >= 4 is 5.69 Å². The first-order valence-electron chi connectivity index (χ1n) is 6.88. The van der Waals surface area contributed by atoms with Crippen LogP contribution in [-0.4, -0.2) is 39.8 Å². The summed E-state index contributed by atoms with van der Waals surface area (Å²) in [5, 5.41) is 18.7. The predicted octanol–water partition coefficient (Wildman–Crippen LogP) is 2.48. The van der Waals surface area contributed by atoms with Crippen LogP contribution in [0.2, 0.25) is 0 Å². The maximum Gasteiger partial charge on any atom is 0.203 e. The fourth-order valence-corrected chi connectivity index (χ4v) is 2.12. The van der Waals surface area contributed by atoms with Crippen molar-refractivity contribution < 1.29 is 9.47 Å². The van der Waals surface area contributed by atoms with Crippen molar-refractivity contribution in [2.45, 2.75) is 6.54 Å². The fraction of sp³-hybridized carbons (Fsp3) is 0.200. The van der Waals surface area contributed by atoms with Gasteiger partial charge in [0, 0.05) is 18.0 Å². The van der Waals surface area contributed by atoms with Gasteiger partial charge in [-0.1, -0.05) is 5.56 Å². The number of rotatable bonds is 6. The normalized spacial score (nSPS) is 10.3. The zero-order valence-electron chi connectivity index (χ0n) is 12.7. The lowest BCUT2D eigenvalue weighted by Gasteiger charge is -2.25. The largest absolute Gasteiger partial charge is 0.680 e. The van der Waals surface area contributed by atoms with E-state index in [-0.39, 0.29) is 0 Å². The summed E-state index contributed by atoms with van der Waals surface area (Å²) in [4.78, 5) is 4.00. The van der Waals surface area contributed by atoms with Crippen molar-refractivity contribution in [2.24, 2.45) is 0 Å². The molecule has 3 aromatic rings. The number of ether oxygens (including phenoxy) is 2. The van der Waals surface area contributed by atoms with E-state index in [4.69, 9.17) is 9.47 Å². The van der Waals surface area contributed by atoms with Gasteiger partial charge in [0.2, 0.25) is 5.82 Å². The number of pyridine rings is 1. The van der Waals surface area contributed by atoms with Gasteiger partial charge in [0.1, 0.15) is 0 Å². The third-order valence-electron chi connectivity index (χ3n) is 3.27. The van der Waals surface area contributed by atoms with Gasteiger partial charge in [0.15, 0.2) is 11.5 Å². The number of nitrogens with one attached hydrogen (secondary N) is 1. The van der Waals surface area contributed by atoms with Gasteiger partial charge in [-0.2, -0.15) is 5.21 Å². The molecule has 1 N–H and O–H groups in total. The first-order chi connectivity index (χ1) is 11.3. The molecule has 0 aliphatic rings. The Morgan fingerprint density at radius 3 is 2.48 bits per heavy atom. The van der Waals surface area contributed by atoms with E-state index in [9.17, 15) is 0 Å². The number of methoxy groups -OCH3 is 2. The van der Waals surface area contributed by atoms with Crippen molar-refractivity contribution in [1.29, 1.82) is 0 Å². The summed E-state index contributed by atoms with van der Waals surface area (Å²) in [5.74, 6) is 1.61. The average molecular weight is 311 g/mol. The monoisotopic (exact) mass is 311 g/mol.